The fraction of sp³-hybridized carbons (Fsp3) is 0. The maximum atomic E-state index is 11.4. The number of para-hydroxylation sites is 1. The Morgan fingerprint density at radius 2 is 1.74 bits per heavy atom. The van der Waals surface area contributed by atoms with Gasteiger partial charge in [0.2, 0.25) is 0 Å². The number of nitrogens with zero attached hydrogens (tertiary/aromatic N) is 1. The average molecular weight is 304 g/mol. The van der Waals surface area contributed by atoms with E-state index in [1.54, 1.807) is 30.3 Å². The van der Waals surface area contributed by atoms with Crippen molar-refractivity contribution < 1.29 is 15.0 Å². The summed E-state index contributed by atoms with van der Waals surface area (Å²) < 4.78 is 0. The van der Waals surface area contributed by atoms with E-state index in [-0.39, 0.29) is 11.4 Å². The number of carbonyl (C=O) groups is 1. The van der Waals surface area contributed by atoms with E-state index in [0.717, 1.165) is 27.4 Å². The van der Waals surface area contributed by atoms with Gasteiger partial charge in [-0.15, -0.1) is 0 Å². The molecule has 0 radical (unpaired) electrons. The Bertz CT molecular complexity index is 1050. The molecule has 23 heavy (non-hydrogen) atoms. The number of benzene rings is 2. The number of carboxylic acid groups (broad SMARTS) is 1. The van der Waals surface area contributed by atoms with Gasteiger partial charge in [0.25, 0.3) is 0 Å². The van der Waals surface area contributed by atoms with Crippen LogP contribution in [-0.4, -0.2) is 26.2 Å². The van der Waals surface area contributed by atoms with E-state index in [0.29, 0.717) is 5.69 Å². The van der Waals surface area contributed by atoms with Crippen molar-refractivity contribution >= 4 is 27.8 Å². The van der Waals surface area contributed by atoms with E-state index in [1.165, 1.54) is 0 Å². The summed E-state index contributed by atoms with van der Waals surface area (Å²) in [6.45, 7) is 0. The molecule has 0 amide bonds. The molecule has 0 atom stereocenters. The smallest absolute Gasteiger partial charge is 0.354 e. The molecule has 4 aromatic rings. The lowest BCUT2D eigenvalue weighted by atomic mass is 10.1. The number of aromatic hydroxyl groups is 1. The van der Waals surface area contributed by atoms with E-state index < -0.39 is 5.97 Å². The first-order valence-corrected chi connectivity index (χ1v) is 7.07. The molecule has 5 heteroatoms. The summed E-state index contributed by atoms with van der Waals surface area (Å²) in [4.78, 5) is 19.0. The third-order valence-corrected chi connectivity index (χ3v) is 3.86. The number of nitrogens with one attached hydrogen (secondary N) is 1. The summed E-state index contributed by atoms with van der Waals surface area (Å²) in [6, 6.07) is 15.8. The molecule has 0 aliphatic heterocycles. The highest BCUT2D eigenvalue weighted by Gasteiger charge is 2.16. The van der Waals surface area contributed by atoms with Gasteiger partial charge >= 0.3 is 5.97 Å². The standard InChI is InChI=1S/C18H12N2O3/c21-11-7-5-10(6-8-11)16-17-13(9-15(20-16)18(22)23)12-3-1-2-4-14(12)19-17/h1-9,19,21H,(H,22,23). The van der Waals surface area contributed by atoms with Crippen LogP contribution in [0, 0.1) is 0 Å². The van der Waals surface area contributed by atoms with Gasteiger partial charge in [-0.25, -0.2) is 9.78 Å². The third kappa shape index (κ3) is 2.10. The normalized spacial score (nSPS) is 11.1. The summed E-state index contributed by atoms with van der Waals surface area (Å²) >= 11 is 0. The topological polar surface area (TPSA) is 86.2 Å². The largest absolute Gasteiger partial charge is 0.508 e. The molecule has 0 spiro atoms. The molecule has 0 bridgehead atoms. The summed E-state index contributed by atoms with van der Waals surface area (Å²) in [7, 11) is 0. The second-order valence-electron chi connectivity index (χ2n) is 5.30. The highest BCUT2D eigenvalue weighted by molar-refractivity contribution is 6.12. The number of pyridine rings is 1. The summed E-state index contributed by atoms with van der Waals surface area (Å²) in [5.74, 6) is -0.923. The Hall–Kier alpha value is -3.34. The minimum absolute atomic E-state index is 0.00896. The van der Waals surface area contributed by atoms with Crippen molar-refractivity contribution in [2.75, 3.05) is 0 Å². The average Bonchev–Trinajstić information content (AvgIpc) is 2.93. The lowest BCUT2D eigenvalue weighted by molar-refractivity contribution is 0.0691. The van der Waals surface area contributed by atoms with E-state index in [4.69, 9.17) is 0 Å². The van der Waals surface area contributed by atoms with Crippen molar-refractivity contribution in [1.82, 2.24) is 9.97 Å². The Morgan fingerprint density at radius 3 is 2.48 bits per heavy atom. The van der Waals surface area contributed by atoms with Gasteiger partial charge in [-0.1, -0.05) is 18.2 Å². The number of H-pyrrole nitrogens is 1. The molecule has 0 fully saturated rings. The van der Waals surface area contributed by atoms with Crippen molar-refractivity contribution in [1.29, 1.82) is 0 Å². The molecule has 0 aliphatic rings. The third-order valence-electron chi connectivity index (χ3n) is 3.86. The predicted molar refractivity (Wildman–Crippen MR) is 87.7 cm³/mol. The zero-order chi connectivity index (χ0) is 16.0. The van der Waals surface area contributed by atoms with Crippen LogP contribution < -0.4 is 0 Å². The number of carboxylic acids is 1. The number of aromatic carboxylic acids is 1. The van der Waals surface area contributed by atoms with Gasteiger partial charge in [0.1, 0.15) is 11.4 Å². The van der Waals surface area contributed by atoms with Crippen LogP contribution in [0.15, 0.2) is 54.6 Å². The van der Waals surface area contributed by atoms with Crippen molar-refractivity contribution in [2.45, 2.75) is 0 Å². The number of fused-ring (bicyclic) bond motifs is 3. The first-order chi connectivity index (χ1) is 11.1. The Kier molecular flexibility index (Phi) is 2.81. The Balaban J connectivity index is 2.12. The zero-order valence-corrected chi connectivity index (χ0v) is 11.9. The second-order valence-corrected chi connectivity index (χ2v) is 5.30. The minimum Gasteiger partial charge on any atom is -0.508 e. The molecule has 0 aliphatic carbocycles. The monoisotopic (exact) mass is 304 g/mol. The van der Waals surface area contributed by atoms with Gasteiger partial charge in [0.15, 0.2) is 0 Å². The molecule has 5 nitrogen and oxygen atoms in total. The maximum Gasteiger partial charge on any atom is 0.354 e. The van der Waals surface area contributed by atoms with Crippen LogP contribution in [0.3, 0.4) is 0 Å². The van der Waals surface area contributed by atoms with Gasteiger partial charge in [-0.3, -0.25) is 0 Å². The van der Waals surface area contributed by atoms with Crippen LogP contribution in [0.5, 0.6) is 5.75 Å². The van der Waals surface area contributed by atoms with Crippen molar-refractivity contribution in [3.8, 4) is 17.0 Å². The van der Waals surface area contributed by atoms with E-state index >= 15 is 0 Å². The lowest BCUT2D eigenvalue weighted by Gasteiger charge is -2.05. The molecule has 2 aromatic carbocycles. The Morgan fingerprint density at radius 1 is 1.00 bits per heavy atom. The van der Waals surface area contributed by atoms with Crippen molar-refractivity contribution in [3.63, 3.8) is 0 Å². The first-order valence-electron chi connectivity index (χ1n) is 7.07. The second kappa shape index (κ2) is 4.84. The number of rotatable bonds is 2. The summed E-state index contributed by atoms with van der Waals surface area (Å²) in [6.07, 6.45) is 0. The number of aromatic amines is 1. The quantitative estimate of drug-likeness (QED) is 0.526. The van der Waals surface area contributed by atoms with E-state index in [2.05, 4.69) is 9.97 Å². The van der Waals surface area contributed by atoms with Crippen LogP contribution in [0.25, 0.3) is 33.1 Å². The van der Waals surface area contributed by atoms with Crippen LogP contribution in [0.2, 0.25) is 0 Å². The van der Waals surface area contributed by atoms with E-state index in [1.807, 2.05) is 24.3 Å². The van der Waals surface area contributed by atoms with Crippen LogP contribution >= 0.6 is 0 Å². The van der Waals surface area contributed by atoms with Gasteiger partial charge in [-0.2, -0.15) is 0 Å². The van der Waals surface area contributed by atoms with Gasteiger partial charge in [0, 0.05) is 21.9 Å². The SMILES string of the molecule is O=C(O)c1cc2c([nH]c3ccccc32)c(-c2ccc(O)cc2)n1. The lowest BCUT2D eigenvalue weighted by Crippen LogP contribution is -2.01. The number of phenols is 1. The van der Waals surface area contributed by atoms with Gasteiger partial charge in [0.05, 0.1) is 11.2 Å². The molecular formula is C18H12N2O3. The first kappa shape index (κ1) is 13.3. The summed E-state index contributed by atoms with van der Waals surface area (Å²) in [5.41, 5.74) is 2.98. The fourth-order valence-corrected chi connectivity index (χ4v) is 2.78. The van der Waals surface area contributed by atoms with Crippen molar-refractivity contribution in [3.05, 3.63) is 60.3 Å². The van der Waals surface area contributed by atoms with Crippen LogP contribution in [0.1, 0.15) is 10.5 Å². The molecule has 0 saturated heterocycles. The van der Waals surface area contributed by atoms with Crippen LogP contribution in [-0.2, 0) is 0 Å². The van der Waals surface area contributed by atoms with Crippen molar-refractivity contribution in [2.24, 2.45) is 0 Å². The van der Waals surface area contributed by atoms with Gasteiger partial charge in [-0.05, 0) is 36.4 Å². The number of aromatic nitrogens is 2. The van der Waals surface area contributed by atoms with E-state index in [9.17, 15) is 15.0 Å². The number of hydrogen-bond acceptors (Lipinski definition) is 3. The van der Waals surface area contributed by atoms with Crippen LogP contribution in [0.4, 0.5) is 0 Å². The number of hydrogen-bond donors (Lipinski definition) is 3. The molecule has 2 aromatic heterocycles. The predicted octanol–water partition coefficient (Wildman–Crippen LogP) is 3.79. The maximum absolute atomic E-state index is 11.4. The molecule has 0 saturated carbocycles. The molecule has 112 valence electrons. The Labute approximate surface area is 130 Å². The minimum atomic E-state index is -1.07. The summed E-state index contributed by atoms with van der Waals surface area (Å²) in [5, 5.41) is 20.6. The highest BCUT2D eigenvalue weighted by atomic mass is 16.4. The molecule has 3 N–H and O–H groups in total. The molecule has 0 unspecified atom stereocenters. The molecule has 4 rings (SSSR count). The molecular weight excluding hydrogens is 292 g/mol. The van der Waals surface area contributed by atoms with Gasteiger partial charge < -0.3 is 15.2 Å². The fourth-order valence-electron chi connectivity index (χ4n) is 2.78. The highest BCUT2D eigenvalue weighted by Crippen LogP contribution is 2.33. The zero-order valence-electron chi connectivity index (χ0n) is 11.9. The molecule has 2 heterocycles. The number of phenolic OH excluding ortho intramolecular Hbond substituents is 1.